The van der Waals surface area contributed by atoms with Crippen LogP contribution in [0.3, 0.4) is 0 Å². The highest BCUT2D eigenvalue weighted by atomic mass is 32.2. The van der Waals surface area contributed by atoms with Gasteiger partial charge in [0.25, 0.3) is 0 Å². The summed E-state index contributed by atoms with van der Waals surface area (Å²) < 4.78 is 27.0. The van der Waals surface area contributed by atoms with E-state index < -0.39 is 16.1 Å². The number of piperazine rings is 1. The number of aliphatic hydroxyl groups is 1. The van der Waals surface area contributed by atoms with Crippen LogP contribution in [-0.4, -0.2) is 72.5 Å². The van der Waals surface area contributed by atoms with Gasteiger partial charge in [0.15, 0.2) is 0 Å². The van der Waals surface area contributed by atoms with Gasteiger partial charge in [0.2, 0.25) is 16.0 Å². The maximum absolute atomic E-state index is 12.7. The number of nitrogens with one attached hydrogen (secondary N) is 2. The molecule has 0 aliphatic carbocycles. The first kappa shape index (κ1) is 24.1. The molecule has 180 valence electrons. The minimum Gasteiger partial charge on any atom is -0.387 e. The summed E-state index contributed by atoms with van der Waals surface area (Å²) in [5.74, 6) is 0.968. The molecule has 34 heavy (non-hydrogen) atoms. The van der Waals surface area contributed by atoms with Crippen molar-refractivity contribution in [1.29, 1.82) is 0 Å². The summed E-state index contributed by atoms with van der Waals surface area (Å²) in [6.07, 6.45) is 0.978. The number of aliphatic hydroxyl groups excluding tert-OH is 1. The van der Waals surface area contributed by atoms with Gasteiger partial charge in [-0.2, -0.15) is 9.29 Å². The van der Waals surface area contributed by atoms with E-state index in [1.165, 1.54) is 0 Å². The average Bonchev–Trinajstić information content (AvgIpc) is 2.85. The number of anilines is 3. The summed E-state index contributed by atoms with van der Waals surface area (Å²) in [5.41, 5.74) is 2.31. The molecule has 0 radical (unpaired) electrons. The van der Waals surface area contributed by atoms with Gasteiger partial charge in [-0.25, -0.2) is 13.4 Å². The van der Waals surface area contributed by atoms with E-state index in [9.17, 15) is 13.5 Å². The van der Waals surface area contributed by atoms with Crippen molar-refractivity contribution in [3.8, 4) is 0 Å². The molecule has 0 spiro atoms. The van der Waals surface area contributed by atoms with Crippen molar-refractivity contribution in [2.24, 2.45) is 0 Å². The Labute approximate surface area is 200 Å². The minimum absolute atomic E-state index is 0.0172. The van der Waals surface area contributed by atoms with Gasteiger partial charge in [0.05, 0.1) is 11.9 Å². The molecule has 4 rings (SSSR count). The Morgan fingerprint density at radius 3 is 2.41 bits per heavy atom. The highest BCUT2D eigenvalue weighted by molar-refractivity contribution is 7.88. The van der Waals surface area contributed by atoms with E-state index in [1.807, 2.05) is 49.5 Å². The summed E-state index contributed by atoms with van der Waals surface area (Å²) in [6, 6.07) is 18.4. The molecule has 0 saturated carbocycles. The molecular formula is C24H30N6O3S. The average molecular weight is 483 g/mol. The monoisotopic (exact) mass is 482 g/mol. The van der Waals surface area contributed by atoms with Gasteiger partial charge in [0, 0.05) is 44.6 Å². The minimum atomic E-state index is -3.34. The number of likely N-dealkylation sites (N-methyl/N-ethyl adjacent to an activating group) is 1. The van der Waals surface area contributed by atoms with Crippen LogP contribution in [0.5, 0.6) is 0 Å². The number of rotatable bonds is 9. The van der Waals surface area contributed by atoms with Crippen molar-refractivity contribution in [1.82, 2.24) is 19.2 Å². The van der Waals surface area contributed by atoms with Crippen molar-refractivity contribution >= 4 is 27.5 Å². The molecule has 1 aliphatic rings. The molecule has 1 aromatic heterocycles. The predicted molar refractivity (Wildman–Crippen MR) is 133 cm³/mol. The van der Waals surface area contributed by atoms with Crippen LogP contribution in [0.1, 0.15) is 17.2 Å². The Bertz CT molecular complexity index is 1170. The molecule has 1 atom stereocenters. The first-order valence-electron chi connectivity index (χ1n) is 11.2. The lowest BCUT2D eigenvalue weighted by Gasteiger charge is -2.31. The molecule has 1 aliphatic heterocycles. The highest BCUT2D eigenvalue weighted by Gasteiger charge is 2.25. The second kappa shape index (κ2) is 10.9. The SMILES string of the molecule is CN1CCN(S(=O)(=O)Cc2ccc(Nc3nccc(NCC(O)c4ccccc4)n3)cc2)CC1. The van der Waals surface area contributed by atoms with E-state index in [-0.39, 0.29) is 5.75 Å². The fourth-order valence-electron chi connectivity index (χ4n) is 3.69. The van der Waals surface area contributed by atoms with Crippen LogP contribution in [0.25, 0.3) is 0 Å². The summed E-state index contributed by atoms with van der Waals surface area (Å²) >= 11 is 0. The van der Waals surface area contributed by atoms with E-state index in [1.54, 1.807) is 28.7 Å². The largest absolute Gasteiger partial charge is 0.387 e. The fraction of sp³-hybridized carbons (Fsp3) is 0.333. The van der Waals surface area contributed by atoms with Gasteiger partial charge >= 0.3 is 0 Å². The van der Waals surface area contributed by atoms with Gasteiger partial charge in [-0.1, -0.05) is 42.5 Å². The van der Waals surface area contributed by atoms with E-state index in [0.29, 0.717) is 31.4 Å². The third kappa shape index (κ3) is 6.51. The maximum atomic E-state index is 12.7. The lowest BCUT2D eigenvalue weighted by Crippen LogP contribution is -2.47. The van der Waals surface area contributed by atoms with Gasteiger partial charge in [-0.15, -0.1) is 0 Å². The Morgan fingerprint density at radius 2 is 1.71 bits per heavy atom. The van der Waals surface area contributed by atoms with Crippen molar-refractivity contribution in [2.45, 2.75) is 11.9 Å². The van der Waals surface area contributed by atoms with E-state index in [2.05, 4.69) is 25.5 Å². The molecule has 1 saturated heterocycles. The second-order valence-corrected chi connectivity index (χ2v) is 10.3. The lowest BCUT2D eigenvalue weighted by atomic mass is 10.1. The van der Waals surface area contributed by atoms with E-state index in [0.717, 1.165) is 29.9 Å². The Balaban J connectivity index is 1.32. The number of benzene rings is 2. The van der Waals surface area contributed by atoms with Gasteiger partial charge in [-0.3, -0.25) is 0 Å². The summed E-state index contributed by atoms with van der Waals surface area (Å²) in [4.78, 5) is 10.8. The molecule has 3 aromatic rings. The van der Waals surface area contributed by atoms with Crippen LogP contribution < -0.4 is 10.6 Å². The van der Waals surface area contributed by atoms with E-state index >= 15 is 0 Å². The molecular weight excluding hydrogens is 452 g/mol. The first-order valence-corrected chi connectivity index (χ1v) is 12.8. The van der Waals surface area contributed by atoms with Crippen molar-refractivity contribution in [3.05, 3.63) is 78.0 Å². The zero-order valence-corrected chi connectivity index (χ0v) is 19.9. The topological polar surface area (TPSA) is 111 Å². The normalized spacial score (nSPS) is 16.2. The predicted octanol–water partition coefficient (Wildman–Crippen LogP) is 2.44. The zero-order valence-electron chi connectivity index (χ0n) is 19.1. The Morgan fingerprint density at radius 1 is 1.00 bits per heavy atom. The first-order chi connectivity index (χ1) is 16.4. The van der Waals surface area contributed by atoms with Crippen LogP contribution in [0.4, 0.5) is 17.5 Å². The number of hydrogen-bond donors (Lipinski definition) is 3. The Kier molecular flexibility index (Phi) is 7.73. The van der Waals surface area contributed by atoms with E-state index in [4.69, 9.17) is 0 Å². The number of sulfonamides is 1. The van der Waals surface area contributed by atoms with Crippen LogP contribution >= 0.6 is 0 Å². The maximum Gasteiger partial charge on any atom is 0.229 e. The third-order valence-electron chi connectivity index (χ3n) is 5.73. The van der Waals surface area contributed by atoms with Gasteiger partial charge < -0.3 is 20.6 Å². The molecule has 2 aromatic carbocycles. The summed E-state index contributed by atoms with van der Waals surface area (Å²) in [5, 5.41) is 16.6. The number of aromatic nitrogens is 2. The van der Waals surface area contributed by atoms with Crippen molar-refractivity contribution < 1.29 is 13.5 Å². The Hall–Kier alpha value is -3.05. The number of hydrogen-bond acceptors (Lipinski definition) is 8. The molecule has 0 bridgehead atoms. The van der Waals surface area contributed by atoms with Gasteiger partial charge in [-0.05, 0) is 36.4 Å². The third-order valence-corrected chi connectivity index (χ3v) is 7.58. The standard InChI is InChI=1S/C24H30N6O3S/c1-29-13-15-30(16-14-29)34(32,33)18-19-7-9-21(10-8-19)27-24-25-12-11-23(28-24)26-17-22(31)20-5-3-2-4-6-20/h2-12,22,31H,13-18H2,1H3,(H2,25,26,27,28). The highest BCUT2D eigenvalue weighted by Crippen LogP contribution is 2.19. The molecule has 10 heteroatoms. The quantitative estimate of drug-likeness (QED) is 0.427. The molecule has 9 nitrogen and oxygen atoms in total. The molecule has 1 unspecified atom stereocenters. The molecule has 2 heterocycles. The smallest absolute Gasteiger partial charge is 0.229 e. The van der Waals surface area contributed by atoms with Crippen LogP contribution in [0, 0.1) is 0 Å². The van der Waals surface area contributed by atoms with Crippen molar-refractivity contribution in [2.75, 3.05) is 50.4 Å². The lowest BCUT2D eigenvalue weighted by molar-refractivity contribution is 0.191. The van der Waals surface area contributed by atoms with Gasteiger partial charge in [0.1, 0.15) is 5.82 Å². The van der Waals surface area contributed by atoms with Crippen LogP contribution in [-0.2, 0) is 15.8 Å². The second-order valence-electron chi connectivity index (χ2n) is 8.35. The summed E-state index contributed by atoms with van der Waals surface area (Å²) in [7, 11) is -1.34. The fourth-order valence-corrected chi connectivity index (χ4v) is 5.21. The van der Waals surface area contributed by atoms with Crippen LogP contribution in [0.15, 0.2) is 66.9 Å². The molecule has 0 amide bonds. The molecule has 1 fully saturated rings. The number of nitrogens with zero attached hydrogens (tertiary/aromatic N) is 4. The van der Waals surface area contributed by atoms with Crippen molar-refractivity contribution in [3.63, 3.8) is 0 Å². The zero-order chi connectivity index (χ0) is 24.0. The van der Waals surface area contributed by atoms with Crippen LogP contribution in [0.2, 0.25) is 0 Å². The molecule has 3 N–H and O–H groups in total. The summed E-state index contributed by atoms with van der Waals surface area (Å²) in [6.45, 7) is 2.88.